The van der Waals surface area contributed by atoms with E-state index in [2.05, 4.69) is 0 Å². The summed E-state index contributed by atoms with van der Waals surface area (Å²) >= 11 is 0. The lowest BCUT2D eigenvalue weighted by molar-refractivity contribution is -0.136. The molecule has 0 radical (unpaired) electrons. The maximum absolute atomic E-state index is 12.5. The molecule has 0 bridgehead atoms. The van der Waals surface area contributed by atoms with Crippen LogP contribution in [-0.2, 0) is 11.2 Å². The highest BCUT2D eigenvalue weighted by atomic mass is 16.4. The molecule has 0 aliphatic rings. The number of hydrogen-bond acceptors (Lipinski definition) is 4. The van der Waals surface area contributed by atoms with Crippen LogP contribution >= 0.6 is 0 Å². The van der Waals surface area contributed by atoms with E-state index in [1.165, 1.54) is 6.07 Å². The lowest BCUT2D eigenvalue weighted by Gasteiger charge is -2.07. The Morgan fingerprint density at radius 3 is 2.29 bits per heavy atom. The molecule has 0 aliphatic heterocycles. The summed E-state index contributed by atoms with van der Waals surface area (Å²) in [7, 11) is 0. The predicted molar refractivity (Wildman–Crippen MR) is 86.2 cm³/mol. The lowest BCUT2D eigenvalue weighted by Crippen LogP contribution is -2.19. The van der Waals surface area contributed by atoms with Crippen LogP contribution in [0.2, 0.25) is 0 Å². The van der Waals surface area contributed by atoms with Gasteiger partial charge in [-0.05, 0) is 23.3 Å². The van der Waals surface area contributed by atoms with Crippen LogP contribution in [0.4, 0.5) is 0 Å². The summed E-state index contributed by atoms with van der Waals surface area (Å²) in [6.45, 7) is 0. The molecular formula is C18H12O6. The number of benzene rings is 2. The van der Waals surface area contributed by atoms with Gasteiger partial charge in [-0.1, -0.05) is 36.4 Å². The molecule has 1 aromatic heterocycles. The van der Waals surface area contributed by atoms with Crippen LogP contribution in [0, 0.1) is 0 Å². The van der Waals surface area contributed by atoms with Gasteiger partial charge in [0.2, 0.25) is 5.76 Å². The van der Waals surface area contributed by atoms with E-state index < -0.39 is 29.5 Å². The van der Waals surface area contributed by atoms with E-state index in [9.17, 15) is 19.5 Å². The molecule has 3 aromatic rings. The van der Waals surface area contributed by atoms with Gasteiger partial charge in [-0.3, -0.25) is 9.59 Å². The van der Waals surface area contributed by atoms with Crippen molar-refractivity contribution in [3.05, 3.63) is 70.1 Å². The summed E-state index contributed by atoms with van der Waals surface area (Å²) in [6, 6.07) is 14.1. The first-order chi connectivity index (χ1) is 11.5. The zero-order chi connectivity index (χ0) is 17.3. The third-order valence-corrected chi connectivity index (χ3v) is 3.62. The summed E-state index contributed by atoms with van der Waals surface area (Å²) in [5.74, 6) is -3.42. The second-order valence-corrected chi connectivity index (χ2v) is 5.19. The summed E-state index contributed by atoms with van der Waals surface area (Å²) in [4.78, 5) is 34.7. The second-order valence-electron chi connectivity index (χ2n) is 5.19. The Balaban J connectivity index is 2.26. The number of carboxylic acids is 2. The van der Waals surface area contributed by atoms with E-state index >= 15 is 0 Å². The molecule has 0 saturated heterocycles. The minimum atomic E-state index is -1.48. The number of carboxylic acid groups (broad SMARTS) is 2. The number of rotatable bonds is 4. The highest BCUT2D eigenvalue weighted by Crippen LogP contribution is 2.24. The minimum Gasteiger partial charge on any atom is -0.481 e. The lowest BCUT2D eigenvalue weighted by atomic mass is 10.0. The highest BCUT2D eigenvalue weighted by molar-refractivity contribution is 5.92. The quantitative estimate of drug-likeness (QED) is 0.764. The molecule has 0 fully saturated rings. The topological polar surface area (TPSA) is 105 Å². The van der Waals surface area contributed by atoms with E-state index in [4.69, 9.17) is 9.52 Å². The van der Waals surface area contributed by atoms with E-state index in [0.717, 1.165) is 11.1 Å². The van der Waals surface area contributed by atoms with Crippen molar-refractivity contribution in [2.75, 3.05) is 0 Å². The molecule has 0 saturated carbocycles. The van der Waals surface area contributed by atoms with Crippen molar-refractivity contribution in [3.63, 3.8) is 0 Å². The van der Waals surface area contributed by atoms with Crippen LogP contribution in [0.5, 0.6) is 0 Å². The molecule has 6 nitrogen and oxygen atoms in total. The molecule has 1 heterocycles. The van der Waals surface area contributed by atoms with Gasteiger partial charge < -0.3 is 14.6 Å². The Labute approximate surface area is 135 Å². The van der Waals surface area contributed by atoms with Crippen molar-refractivity contribution >= 4 is 22.9 Å². The average molecular weight is 324 g/mol. The Kier molecular flexibility index (Phi) is 3.87. The van der Waals surface area contributed by atoms with Gasteiger partial charge in [-0.15, -0.1) is 0 Å². The summed E-state index contributed by atoms with van der Waals surface area (Å²) in [5.41, 5.74) is 0.737. The number of aliphatic carboxylic acids is 1. The zero-order valence-electron chi connectivity index (χ0n) is 12.4. The van der Waals surface area contributed by atoms with Crippen LogP contribution in [-0.4, -0.2) is 22.2 Å². The largest absolute Gasteiger partial charge is 0.481 e. The standard InChI is InChI=1S/C18H12O6/c19-15(20)9-13-16(21)12-7-6-11(10-4-2-1-3-5-10)8-14(12)24-17(13)18(22)23/h1-8H,9H2,(H,19,20)(H,22,23). The average Bonchev–Trinajstić information content (AvgIpc) is 2.57. The zero-order valence-corrected chi connectivity index (χ0v) is 12.4. The highest BCUT2D eigenvalue weighted by Gasteiger charge is 2.22. The van der Waals surface area contributed by atoms with E-state index in [0.29, 0.717) is 0 Å². The van der Waals surface area contributed by atoms with E-state index in [1.807, 2.05) is 30.3 Å². The van der Waals surface area contributed by atoms with Crippen molar-refractivity contribution in [3.8, 4) is 11.1 Å². The fourth-order valence-corrected chi connectivity index (χ4v) is 2.53. The van der Waals surface area contributed by atoms with Gasteiger partial charge in [0, 0.05) is 0 Å². The molecule has 0 atom stereocenters. The van der Waals surface area contributed by atoms with Crippen LogP contribution < -0.4 is 5.43 Å². The molecular weight excluding hydrogens is 312 g/mol. The summed E-state index contributed by atoms with van der Waals surface area (Å²) in [6.07, 6.45) is -0.708. The number of hydrogen-bond donors (Lipinski definition) is 2. The van der Waals surface area contributed by atoms with Gasteiger partial charge in [0.1, 0.15) is 5.58 Å². The number of fused-ring (bicyclic) bond motifs is 1. The first-order valence-electron chi connectivity index (χ1n) is 7.07. The molecule has 24 heavy (non-hydrogen) atoms. The van der Waals surface area contributed by atoms with E-state index in [1.54, 1.807) is 12.1 Å². The maximum atomic E-state index is 12.5. The predicted octanol–water partition coefficient (Wildman–Crippen LogP) is 2.79. The number of carbonyl (C=O) groups is 2. The van der Waals surface area contributed by atoms with Crippen molar-refractivity contribution in [1.82, 2.24) is 0 Å². The second kappa shape index (κ2) is 6.00. The van der Waals surface area contributed by atoms with Crippen LogP contribution in [0.15, 0.2) is 57.7 Å². The molecule has 2 aromatic carbocycles. The SMILES string of the molecule is O=C(O)Cc1c(C(=O)O)oc2cc(-c3ccccc3)ccc2c1=O. The maximum Gasteiger partial charge on any atom is 0.372 e. The molecule has 0 unspecified atom stereocenters. The fourth-order valence-electron chi connectivity index (χ4n) is 2.53. The van der Waals surface area contributed by atoms with E-state index in [-0.39, 0.29) is 16.5 Å². The molecule has 120 valence electrons. The number of aromatic carboxylic acids is 1. The van der Waals surface area contributed by atoms with Gasteiger partial charge in [0.15, 0.2) is 5.43 Å². The molecule has 0 spiro atoms. The van der Waals surface area contributed by atoms with Gasteiger partial charge in [0.05, 0.1) is 17.4 Å². The molecule has 6 heteroatoms. The van der Waals surface area contributed by atoms with Crippen molar-refractivity contribution < 1.29 is 24.2 Å². The first kappa shape index (κ1) is 15.5. The minimum absolute atomic E-state index is 0.105. The normalized spacial score (nSPS) is 10.7. The molecule has 0 aliphatic carbocycles. The molecule has 3 rings (SSSR count). The smallest absolute Gasteiger partial charge is 0.372 e. The Morgan fingerprint density at radius 1 is 0.958 bits per heavy atom. The Bertz CT molecular complexity index is 1000. The molecule has 2 N–H and O–H groups in total. The fraction of sp³-hybridized carbons (Fsp3) is 0.0556. The van der Waals surface area contributed by atoms with Gasteiger partial charge >= 0.3 is 11.9 Å². The van der Waals surface area contributed by atoms with Gasteiger partial charge in [0.25, 0.3) is 0 Å². The molecule has 0 amide bonds. The van der Waals surface area contributed by atoms with Crippen molar-refractivity contribution in [2.45, 2.75) is 6.42 Å². The van der Waals surface area contributed by atoms with Gasteiger partial charge in [-0.2, -0.15) is 0 Å². The monoisotopic (exact) mass is 324 g/mol. The van der Waals surface area contributed by atoms with Crippen LogP contribution in [0.25, 0.3) is 22.1 Å². The first-order valence-corrected chi connectivity index (χ1v) is 7.07. The summed E-state index contributed by atoms with van der Waals surface area (Å²) in [5, 5.41) is 18.3. The Morgan fingerprint density at radius 2 is 1.67 bits per heavy atom. The third kappa shape index (κ3) is 2.77. The Hall–Kier alpha value is -3.41. The van der Waals surface area contributed by atoms with Gasteiger partial charge in [-0.25, -0.2) is 4.79 Å². The van der Waals surface area contributed by atoms with Crippen molar-refractivity contribution in [1.29, 1.82) is 0 Å². The van der Waals surface area contributed by atoms with Crippen molar-refractivity contribution in [2.24, 2.45) is 0 Å². The van der Waals surface area contributed by atoms with Crippen LogP contribution in [0.3, 0.4) is 0 Å². The van der Waals surface area contributed by atoms with Crippen LogP contribution in [0.1, 0.15) is 16.1 Å². The summed E-state index contributed by atoms with van der Waals surface area (Å²) < 4.78 is 5.34. The third-order valence-electron chi connectivity index (χ3n) is 3.62.